The van der Waals surface area contributed by atoms with Gasteiger partial charge in [-0.2, -0.15) is 0 Å². The van der Waals surface area contributed by atoms with Gasteiger partial charge in [0.1, 0.15) is 5.69 Å². The first-order chi connectivity index (χ1) is 11.4. The average molecular weight is 332 g/mol. The Hall–Kier alpha value is -2.64. The fourth-order valence-corrected chi connectivity index (χ4v) is 2.43. The molecule has 24 heavy (non-hydrogen) atoms. The van der Waals surface area contributed by atoms with E-state index in [2.05, 4.69) is 10.6 Å². The Morgan fingerprint density at radius 3 is 2.42 bits per heavy atom. The van der Waals surface area contributed by atoms with Gasteiger partial charge >= 0.3 is 0 Å². The van der Waals surface area contributed by atoms with Crippen LogP contribution in [0.25, 0.3) is 0 Å². The summed E-state index contributed by atoms with van der Waals surface area (Å²) in [4.78, 5) is 36.3. The second-order valence-electron chi connectivity index (χ2n) is 6.41. The number of nitrogens with zero attached hydrogens (tertiary/aromatic N) is 2. The van der Waals surface area contributed by atoms with E-state index in [1.165, 1.54) is 17.0 Å². The van der Waals surface area contributed by atoms with Crippen LogP contribution in [0.3, 0.4) is 0 Å². The predicted molar refractivity (Wildman–Crippen MR) is 88.0 cm³/mol. The number of anilines is 1. The van der Waals surface area contributed by atoms with E-state index in [-0.39, 0.29) is 41.7 Å². The molecule has 2 aliphatic rings. The third kappa shape index (κ3) is 4.01. The van der Waals surface area contributed by atoms with Crippen molar-refractivity contribution in [2.45, 2.75) is 37.8 Å². The summed E-state index contributed by atoms with van der Waals surface area (Å²) in [6.45, 7) is 0.0327. The zero-order valence-corrected chi connectivity index (χ0v) is 13.4. The summed E-state index contributed by atoms with van der Waals surface area (Å²) in [6, 6.07) is 4.77. The zero-order chi connectivity index (χ0) is 17.3. The van der Waals surface area contributed by atoms with Gasteiger partial charge in [-0.25, -0.2) is 0 Å². The normalized spacial score (nSPS) is 16.4. The number of likely N-dealkylation sites (N-methyl/N-ethyl adjacent to an activating group) is 1. The van der Waals surface area contributed by atoms with E-state index in [9.17, 15) is 19.7 Å². The molecule has 128 valence electrons. The second-order valence-corrected chi connectivity index (χ2v) is 6.41. The molecule has 2 saturated carbocycles. The van der Waals surface area contributed by atoms with E-state index < -0.39 is 4.92 Å². The van der Waals surface area contributed by atoms with Crippen LogP contribution in [0, 0.1) is 10.1 Å². The van der Waals surface area contributed by atoms with Gasteiger partial charge in [0.05, 0.1) is 11.5 Å². The number of carbonyl (C=O) groups is 2. The van der Waals surface area contributed by atoms with Crippen LogP contribution in [0.1, 0.15) is 36.0 Å². The van der Waals surface area contributed by atoms with Crippen molar-refractivity contribution in [1.29, 1.82) is 0 Å². The monoisotopic (exact) mass is 332 g/mol. The van der Waals surface area contributed by atoms with Gasteiger partial charge in [-0.05, 0) is 37.8 Å². The first-order valence-corrected chi connectivity index (χ1v) is 8.04. The smallest absolute Gasteiger partial charge is 0.293 e. The number of hydrogen-bond acceptors (Lipinski definition) is 5. The van der Waals surface area contributed by atoms with E-state index in [4.69, 9.17) is 0 Å². The molecule has 1 aromatic carbocycles. The topological polar surface area (TPSA) is 105 Å². The minimum Gasteiger partial charge on any atom is -0.360 e. The molecule has 2 amide bonds. The summed E-state index contributed by atoms with van der Waals surface area (Å²) >= 11 is 0. The molecule has 0 heterocycles. The van der Waals surface area contributed by atoms with Gasteiger partial charge in [0, 0.05) is 30.8 Å². The molecule has 0 atom stereocenters. The van der Waals surface area contributed by atoms with Crippen LogP contribution < -0.4 is 15.5 Å². The number of nitro groups is 1. The fraction of sp³-hybridized carbons (Fsp3) is 0.500. The Morgan fingerprint density at radius 1 is 1.21 bits per heavy atom. The van der Waals surface area contributed by atoms with Crippen LogP contribution >= 0.6 is 0 Å². The zero-order valence-electron chi connectivity index (χ0n) is 13.4. The van der Waals surface area contributed by atoms with E-state index in [0.717, 1.165) is 25.7 Å². The summed E-state index contributed by atoms with van der Waals surface area (Å²) in [5.74, 6) is -0.467. The Bertz CT molecular complexity index is 683. The molecule has 0 aliphatic heterocycles. The molecule has 0 bridgehead atoms. The SMILES string of the molecule is CN(CC(=O)NC1CC1)c1ccc(C(=O)NC2CC2)cc1[N+](=O)[O-]. The molecular weight excluding hydrogens is 312 g/mol. The van der Waals surface area contributed by atoms with E-state index >= 15 is 0 Å². The minimum atomic E-state index is -0.529. The molecular formula is C16H20N4O4. The maximum atomic E-state index is 12.0. The highest BCUT2D eigenvalue weighted by Gasteiger charge is 2.27. The molecule has 0 spiro atoms. The van der Waals surface area contributed by atoms with Crippen LogP contribution in [-0.4, -0.2) is 42.4 Å². The van der Waals surface area contributed by atoms with Crippen molar-refractivity contribution in [3.05, 3.63) is 33.9 Å². The number of carbonyl (C=O) groups excluding carboxylic acids is 2. The molecule has 2 N–H and O–H groups in total. The number of nitrogens with one attached hydrogen (secondary N) is 2. The Balaban J connectivity index is 1.74. The minimum absolute atomic E-state index is 0.0327. The molecule has 8 nitrogen and oxygen atoms in total. The summed E-state index contributed by atoms with van der Waals surface area (Å²) < 4.78 is 0. The Morgan fingerprint density at radius 2 is 1.83 bits per heavy atom. The molecule has 0 unspecified atom stereocenters. The lowest BCUT2D eigenvalue weighted by atomic mass is 10.1. The van der Waals surface area contributed by atoms with E-state index in [0.29, 0.717) is 5.69 Å². The predicted octanol–water partition coefficient (Wildman–Crippen LogP) is 1.20. The number of benzene rings is 1. The lowest BCUT2D eigenvalue weighted by Crippen LogP contribution is -2.36. The molecule has 0 radical (unpaired) electrons. The standard InChI is InChI=1S/C16H20N4O4/c1-19(9-15(21)17-11-3-4-11)13-7-2-10(8-14(13)20(23)24)16(22)18-12-5-6-12/h2,7-8,11-12H,3-6,9H2,1H3,(H,17,21)(H,18,22). The Labute approximate surface area is 139 Å². The van der Waals surface area contributed by atoms with Gasteiger partial charge in [-0.1, -0.05) is 0 Å². The van der Waals surface area contributed by atoms with Crippen LogP contribution in [0.5, 0.6) is 0 Å². The highest BCUT2D eigenvalue weighted by atomic mass is 16.6. The van der Waals surface area contributed by atoms with Crippen molar-refractivity contribution in [1.82, 2.24) is 10.6 Å². The molecule has 2 aliphatic carbocycles. The molecule has 0 saturated heterocycles. The number of nitro benzene ring substituents is 1. The van der Waals surface area contributed by atoms with Crippen LogP contribution in [0.4, 0.5) is 11.4 Å². The van der Waals surface area contributed by atoms with Gasteiger partial charge in [0.25, 0.3) is 11.6 Å². The largest absolute Gasteiger partial charge is 0.360 e. The Kier molecular flexibility index (Phi) is 4.37. The lowest BCUT2D eigenvalue weighted by molar-refractivity contribution is -0.384. The quantitative estimate of drug-likeness (QED) is 0.577. The highest BCUT2D eigenvalue weighted by Crippen LogP contribution is 2.29. The molecule has 3 rings (SSSR count). The van der Waals surface area contributed by atoms with Crippen LogP contribution in [0.2, 0.25) is 0 Å². The number of hydrogen-bond donors (Lipinski definition) is 2. The van der Waals surface area contributed by atoms with Gasteiger partial charge in [0.2, 0.25) is 5.91 Å². The number of rotatable bonds is 7. The molecule has 8 heteroatoms. The van der Waals surface area contributed by atoms with Crippen LogP contribution in [0.15, 0.2) is 18.2 Å². The fourth-order valence-electron chi connectivity index (χ4n) is 2.43. The third-order valence-electron chi connectivity index (χ3n) is 4.08. The van der Waals surface area contributed by atoms with Crippen molar-refractivity contribution in [2.75, 3.05) is 18.5 Å². The first kappa shape index (κ1) is 16.2. The van der Waals surface area contributed by atoms with Gasteiger partial charge in [0.15, 0.2) is 0 Å². The van der Waals surface area contributed by atoms with Crippen molar-refractivity contribution in [3.63, 3.8) is 0 Å². The first-order valence-electron chi connectivity index (χ1n) is 8.04. The van der Waals surface area contributed by atoms with E-state index in [1.54, 1.807) is 13.1 Å². The van der Waals surface area contributed by atoms with E-state index in [1.807, 2.05) is 0 Å². The van der Waals surface area contributed by atoms with Crippen LogP contribution in [-0.2, 0) is 4.79 Å². The molecule has 0 aromatic heterocycles. The summed E-state index contributed by atoms with van der Waals surface area (Å²) in [6.07, 6.45) is 3.87. The second kappa shape index (κ2) is 6.46. The van der Waals surface area contributed by atoms with Gasteiger partial charge in [-0.15, -0.1) is 0 Å². The van der Waals surface area contributed by atoms with Crippen molar-refractivity contribution in [3.8, 4) is 0 Å². The summed E-state index contributed by atoms with van der Waals surface area (Å²) in [7, 11) is 1.62. The highest BCUT2D eigenvalue weighted by molar-refractivity contribution is 5.96. The maximum Gasteiger partial charge on any atom is 0.293 e. The summed E-state index contributed by atoms with van der Waals surface area (Å²) in [5, 5.41) is 17.0. The van der Waals surface area contributed by atoms with Crippen molar-refractivity contribution in [2.24, 2.45) is 0 Å². The van der Waals surface area contributed by atoms with Crippen molar-refractivity contribution < 1.29 is 14.5 Å². The van der Waals surface area contributed by atoms with Crippen molar-refractivity contribution >= 4 is 23.2 Å². The average Bonchev–Trinajstić information content (AvgIpc) is 3.43. The summed E-state index contributed by atoms with van der Waals surface area (Å²) in [5.41, 5.74) is 0.391. The lowest BCUT2D eigenvalue weighted by Gasteiger charge is -2.19. The molecule has 2 fully saturated rings. The van der Waals surface area contributed by atoms with Gasteiger partial charge < -0.3 is 15.5 Å². The molecule has 1 aromatic rings. The number of amides is 2. The maximum absolute atomic E-state index is 12.0. The van der Waals surface area contributed by atoms with Gasteiger partial charge in [-0.3, -0.25) is 19.7 Å². The third-order valence-corrected chi connectivity index (χ3v) is 4.08.